The van der Waals surface area contributed by atoms with Crippen LogP contribution in [0.1, 0.15) is 29.2 Å². The lowest BCUT2D eigenvalue weighted by Gasteiger charge is -2.19. The largest absolute Gasteiger partial charge is 0.493 e. The van der Waals surface area contributed by atoms with Gasteiger partial charge >= 0.3 is 0 Å². The molecule has 2 aromatic carbocycles. The third kappa shape index (κ3) is 3.42. The summed E-state index contributed by atoms with van der Waals surface area (Å²) in [7, 11) is 0. The van der Waals surface area contributed by atoms with Gasteiger partial charge in [-0.1, -0.05) is 42.5 Å². The maximum Gasteiger partial charge on any atom is 0.249 e. The van der Waals surface area contributed by atoms with Gasteiger partial charge in [0, 0.05) is 6.54 Å². The Morgan fingerprint density at radius 2 is 2.12 bits per heavy atom. The summed E-state index contributed by atoms with van der Waals surface area (Å²) >= 11 is 0. The number of tetrazole rings is 1. The summed E-state index contributed by atoms with van der Waals surface area (Å²) in [5, 5.41) is 14.2. The van der Waals surface area contributed by atoms with Gasteiger partial charge in [-0.2, -0.15) is 0 Å². The number of carbonyl (C=O) groups excluding carboxylic acids is 1. The van der Waals surface area contributed by atoms with E-state index in [9.17, 15) is 4.79 Å². The standard InChI is InChI=1S/C19H19N5O2/c25-19(18(24-13-21-22-23-24)15-5-2-1-3-6-15)20-12-14-8-9-17-16(11-14)7-4-10-26-17/h1-3,5-6,8-9,11,13,18H,4,7,10,12H2,(H,20,25)/t18-/m0/s1. The maximum absolute atomic E-state index is 12.9. The summed E-state index contributed by atoms with van der Waals surface area (Å²) < 4.78 is 7.10. The number of nitrogens with one attached hydrogen (secondary N) is 1. The van der Waals surface area contributed by atoms with Gasteiger partial charge < -0.3 is 10.1 Å². The number of hydrogen-bond acceptors (Lipinski definition) is 5. The third-order valence-electron chi connectivity index (χ3n) is 4.43. The van der Waals surface area contributed by atoms with Gasteiger partial charge in [-0.15, -0.1) is 5.10 Å². The molecule has 1 amide bonds. The van der Waals surface area contributed by atoms with Crippen molar-refractivity contribution in [3.05, 3.63) is 71.5 Å². The Balaban J connectivity index is 1.50. The molecule has 0 aliphatic carbocycles. The molecule has 0 spiro atoms. The van der Waals surface area contributed by atoms with E-state index in [1.807, 2.05) is 42.5 Å². The molecule has 4 rings (SSSR count). The van der Waals surface area contributed by atoms with E-state index in [0.717, 1.165) is 36.3 Å². The molecule has 7 heteroatoms. The van der Waals surface area contributed by atoms with Gasteiger partial charge in [0.2, 0.25) is 5.91 Å². The Kier molecular flexibility index (Phi) is 4.59. The molecule has 0 unspecified atom stereocenters. The van der Waals surface area contributed by atoms with Gasteiger partial charge in [-0.3, -0.25) is 4.79 Å². The molecule has 132 valence electrons. The summed E-state index contributed by atoms with van der Waals surface area (Å²) in [6.45, 7) is 1.21. The van der Waals surface area contributed by atoms with E-state index in [1.54, 1.807) is 0 Å². The van der Waals surface area contributed by atoms with Crippen LogP contribution < -0.4 is 10.1 Å². The van der Waals surface area contributed by atoms with Crippen LogP contribution in [-0.4, -0.2) is 32.7 Å². The summed E-state index contributed by atoms with van der Waals surface area (Å²) in [4.78, 5) is 12.9. The monoisotopic (exact) mass is 349 g/mol. The highest BCUT2D eigenvalue weighted by molar-refractivity contribution is 5.83. The van der Waals surface area contributed by atoms with E-state index in [0.29, 0.717) is 6.54 Å². The first-order chi connectivity index (χ1) is 12.8. The first kappa shape index (κ1) is 16.3. The van der Waals surface area contributed by atoms with Crippen LogP contribution in [0.2, 0.25) is 0 Å². The van der Waals surface area contributed by atoms with Gasteiger partial charge in [0.05, 0.1) is 6.61 Å². The zero-order chi connectivity index (χ0) is 17.8. The second kappa shape index (κ2) is 7.35. The van der Waals surface area contributed by atoms with Crippen LogP contribution >= 0.6 is 0 Å². The molecule has 7 nitrogen and oxygen atoms in total. The Labute approximate surface area is 151 Å². The number of fused-ring (bicyclic) bond motifs is 1. The summed E-state index contributed by atoms with van der Waals surface area (Å²) in [5.41, 5.74) is 3.07. The number of carbonyl (C=O) groups is 1. The van der Waals surface area contributed by atoms with Gasteiger partial charge in [0.15, 0.2) is 6.04 Å². The normalized spacial score (nSPS) is 14.2. The van der Waals surface area contributed by atoms with Gasteiger partial charge in [0.25, 0.3) is 0 Å². The molecule has 0 radical (unpaired) electrons. The second-order valence-corrected chi connectivity index (χ2v) is 6.21. The summed E-state index contributed by atoms with van der Waals surface area (Å²) in [6, 6.07) is 14.9. The molecule has 0 saturated heterocycles. The van der Waals surface area contributed by atoms with Gasteiger partial charge in [0.1, 0.15) is 12.1 Å². The van der Waals surface area contributed by atoms with Crippen molar-refractivity contribution >= 4 is 5.91 Å². The van der Waals surface area contributed by atoms with E-state index in [4.69, 9.17) is 4.74 Å². The third-order valence-corrected chi connectivity index (χ3v) is 4.43. The van der Waals surface area contributed by atoms with Crippen molar-refractivity contribution < 1.29 is 9.53 Å². The topological polar surface area (TPSA) is 81.9 Å². The number of aryl methyl sites for hydroxylation is 1. The van der Waals surface area contributed by atoms with Gasteiger partial charge in [-0.05, 0) is 46.0 Å². The molecule has 1 aliphatic heterocycles. The highest BCUT2D eigenvalue weighted by Gasteiger charge is 2.23. The second-order valence-electron chi connectivity index (χ2n) is 6.21. The predicted octanol–water partition coefficient (Wildman–Crippen LogP) is 1.90. The fourth-order valence-corrected chi connectivity index (χ4v) is 3.16. The van der Waals surface area contributed by atoms with Crippen LogP contribution in [0, 0.1) is 0 Å². The lowest BCUT2D eigenvalue weighted by Crippen LogP contribution is -2.33. The molecule has 3 aromatic rings. The molecule has 1 aromatic heterocycles. The SMILES string of the molecule is O=C(NCc1ccc2c(c1)CCCO2)[C@H](c1ccccc1)n1cnnn1. The average molecular weight is 349 g/mol. The number of ether oxygens (including phenoxy) is 1. The Bertz CT molecular complexity index is 880. The Morgan fingerprint density at radius 1 is 1.23 bits per heavy atom. The van der Waals surface area contributed by atoms with Crippen LogP contribution in [0.5, 0.6) is 5.75 Å². The fraction of sp³-hybridized carbons (Fsp3) is 0.263. The number of benzene rings is 2. The average Bonchev–Trinajstić information content (AvgIpc) is 3.21. The van der Waals surface area contributed by atoms with Crippen LogP contribution in [0.15, 0.2) is 54.9 Å². The summed E-state index contributed by atoms with van der Waals surface area (Å²) in [6.07, 6.45) is 3.49. The molecule has 2 heterocycles. The van der Waals surface area contributed by atoms with E-state index in [2.05, 4.69) is 26.9 Å². The number of amides is 1. The maximum atomic E-state index is 12.9. The highest BCUT2D eigenvalue weighted by Crippen LogP contribution is 2.25. The molecule has 0 fully saturated rings. The van der Waals surface area contributed by atoms with Crippen LogP contribution in [0.3, 0.4) is 0 Å². The van der Waals surface area contributed by atoms with Crippen molar-refractivity contribution in [3.63, 3.8) is 0 Å². The number of aromatic nitrogens is 4. The zero-order valence-electron chi connectivity index (χ0n) is 14.2. The first-order valence-electron chi connectivity index (χ1n) is 8.61. The van der Waals surface area contributed by atoms with Gasteiger partial charge in [-0.25, -0.2) is 4.68 Å². The van der Waals surface area contributed by atoms with E-state index < -0.39 is 6.04 Å². The molecule has 1 atom stereocenters. The Hall–Kier alpha value is -3.22. The van der Waals surface area contributed by atoms with E-state index in [1.165, 1.54) is 16.6 Å². The number of rotatable bonds is 5. The molecule has 0 saturated carbocycles. The van der Waals surface area contributed by atoms with Crippen LogP contribution in [-0.2, 0) is 17.8 Å². The minimum Gasteiger partial charge on any atom is -0.493 e. The summed E-state index contributed by atoms with van der Waals surface area (Å²) in [5.74, 6) is 0.791. The molecule has 1 N–H and O–H groups in total. The van der Waals surface area contributed by atoms with E-state index in [-0.39, 0.29) is 5.91 Å². The zero-order valence-corrected chi connectivity index (χ0v) is 14.2. The van der Waals surface area contributed by atoms with Crippen molar-refractivity contribution in [1.29, 1.82) is 0 Å². The molecule has 1 aliphatic rings. The minimum atomic E-state index is -0.604. The molecule has 26 heavy (non-hydrogen) atoms. The smallest absolute Gasteiger partial charge is 0.249 e. The van der Waals surface area contributed by atoms with Crippen LogP contribution in [0.4, 0.5) is 0 Å². The van der Waals surface area contributed by atoms with Crippen molar-refractivity contribution in [1.82, 2.24) is 25.5 Å². The predicted molar refractivity (Wildman–Crippen MR) is 94.5 cm³/mol. The number of nitrogens with zero attached hydrogens (tertiary/aromatic N) is 4. The lowest BCUT2D eigenvalue weighted by molar-refractivity contribution is -0.123. The molecular formula is C19H19N5O2. The van der Waals surface area contributed by atoms with E-state index >= 15 is 0 Å². The highest BCUT2D eigenvalue weighted by atomic mass is 16.5. The van der Waals surface area contributed by atoms with Crippen molar-refractivity contribution in [3.8, 4) is 5.75 Å². The molecule has 0 bridgehead atoms. The fourth-order valence-electron chi connectivity index (χ4n) is 3.16. The van der Waals surface area contributed by atoms with Crippen molar-refractivity contribution in [2.24, 2.45) is 0 Å². The quantitative estimate of drug-likeness (QED) is 0.761. The number of hydrogen-bond donors (Lipinski definition) is 1. The molecular weight excluding hydrogens is 330 g/mol. The van der Waals surface area contributed by atoms with Crippen LogP contribution in [0.25, 0.3) is 0 Å². The van der Waals surface area contributed by atoms with Crippen molar-refractivity contribution in [2.45, 2.75) is 25.4 Å². The first-order valence-corrected chi connectivity index (χ1v) is 8.61. The minimum absolute atomic E-state index is 0.155. The van der Waals surface area contributed by atoms with Crippen molar-refractivity contribution in [2.75, 3.05) is 6.61 Å². The lowest BCUT2D eigenvalue weighted by atomic mass is 10.0. The Morgan fingerprint density at radius 3 is 2.92 bits per heavy atom.